The molecule has 0 radical (unpaired) electrons. The molecular weight excluding hydrogens is 341 g/mol. The van der Waals surface area contributed by atoms with Crippen molar-refractivity contribution in [3.05, 3.63) is 34.6 Å². The summed E-state index contributed by atoms with van der Waals surface area (Å²) in [5.74, 6) is 1.95. The van der Waals surface area contributed by atoms with E-state index >= 15 is 0 Å². The zero-order chi connectivity index (χ0) is 16.2. The molecule has 6 nitrogen and oxygen atoms in total. The Labute approximate surface area is 143 Å². The molecule has 1 aliphatic rings. The van der Waals surface area contributed by atoms with Crippen LogP contribution in [0.15, 0.2) is 24.4 Å². The molecule has 0 N–H and O–H groups in total. The summed E-state index contributed by atoms with van der Waals surface area (Å²) in [7, 11) is 1.57. The van der Waals surface area contributed by atoms with Crippen LogP contribution in [0, 0.1) is 0 Å². The molecular formula is C15H15Cl2N3O3. The van der Waals surface area contributed by atoms with Gasteiger partial charge >= 0.3 is 0 Å². The first-order chi connectivity index (χ1) is 11.2. The fraction of sp³-hybridized carbons (Fsp3) is 0.333. The summed E-state index contributed by atoms with van der Waals surface area (Å²) in [5, 5.41) is 0.666. The second kappa shape index (κ2) is 7.21. The lowest BCUT2D eigenvalue weighted by Gasteiger charge is -2.26. The van der Waals surface area contributed by atoms with E-state index in [4.69, 9.17) is 37.4 Å². The topological polar surface area (TPSA) is 56.7 Å². The van der Waals surface area contributed by atoms with E-state index < -0.39 is 0 Å². The van der Waals surface area contributed by atoms with Crippen molar-refractivity contribution in [2.45, 2.75) is 0 Å². The zero-order valence-electron chi connectivity index (χ0n) is 12.5. The first-order valence-corrected chi connectivity index (χ1v) is 7.79. The summed E-state index contributed by atoms with van der Waals surface area (Å²) in [5.41, 5.74) is 0. The van der Waals surface area contributed by atoms with E-state index in [-0.39, 0.29) is 5.15 Å². The van der Waals surface area contributed by atoms with Crippen molar-refractivity contribution in [3.8, 4) is 17.2 Å². The molecule has 1 aromatic carbocycles. The molecule has 0 atom stereocenters. The lowest BCUT2D eigenvalue weighted by Crippen LogP contribution is -2.37. The fourth-order valence-corrected chi connectivity index (χ4v) is 2.45. The number of halogens is 2. The van der Waals surface area contributed by atoms with E-state index in [0.29, 0.717) is 41.4 Å². The smallest absolute Gasteiger partial charge is 0.227 e. The van der Waals surface area contributed by atoms with Crippen LogP contribution in [0.5, 0.6) is 17.2 Å². The second-order valence-electron chi connectivity index (χ2n) is 4.82. The van der Waals surface area contributed by atoms with Crippen LogP contribution < -0.4 is 14.4 Å². The average Bonchev–Trinajstić information content (AvgIpc) is 2.59. The van der Waals surface area contributed by atoms with Crippen LogP contribution in [-0.2, 0) is 4.74 Å². The van der Waals surface area contributed by atoms with E-state index in [1.807, 2.05) is 4.90 Å². The van der Waals surface area contributed by atoms with Crippen LogP contribution in [0.1, 0.15) is 0 Å². The Morgan fingerprint density at radius 2 is 1.96 bits per heavy atom. The normalized spacial score (nSPS) is 14.7. The predicted octanol–water partition coefficient (Wildman–Crippen LogP) is 3.42. The first-order valence-electron chi connectivity index (χ1n) is 7.04. The van der Waals surface area contributed by atoms with Gasteiger partial charge in [0.05, 0.1) is 31.5 Å². The highest BCUT2D eigenvalue weighted by Crippen LogP contribution is 2.35. The van der Waals surface area contributed by atoms with Gasteiger partial charge in [-0.3, -0.25) is 0 Å². The number of aromatic nitrogens is 2. The van der Waals surface area contributed by atoms with Gasteiger partial charge in [-0.2, -0.15) is 4.98 Å². The van der Waals surface area contributed by atoms with Crippen molar-refractivity contribution in [1.82, 2.24) is 9.97 Å². The molecule has 1 aromatic heterocycles. The Kier molecular flexibility index (Phi) is 5.05. The molecule has 0 unspecified atom stereocenters. The third kappa shape index (κ3) is 3.77. The van der Waals surface area contributed by atoms with Crippen LogP contribution in [-0.4, -0.2) is 43.4 Å². The maximum Gasteiger partial charge on any atom is 0.227 e. The van der Waals surface area contributed by atoms with Gasteiger partial charge in [-0.1, -0.05) is 23.2 Å². The van der Waals surface area contributed by atoms with E-state index in [0.717, 1.165) is 13.1 Å². The van der Waals surface area contributed by atoms with Crippen LogP contribution in [0.25, 0.3) is 0 Å². The number of methoxy groups -OCH3 is 1. The van der Waals surface area contributed by atoms with Crippen molar-refractivity contribution in [2.24, 2.45) is 0 Å². The summed E-state index contributed by atoms with van der Waals surface area (Å²) < 4.78 is 16.2. The maximum atomic E-state index is 6.22. The van der Waals surface area contributed by atoms with Gasteiger partial charge in [-0.05, 0) is 12.1 Å². The predicted molar refractivity (Wildman–Crippen MR) is 88.2 cm³/mol. The molecule has 23 heavy (non-hydrogen) atoms. The molecule has 1 fully saturated rings. The highest BCUT2D eigenvalue weighted by Gasteiger charge is 2.16. The van der Waals surface area contributed by atoms with Gasteiger partial charge in [0.1, 0.15) is 11.5 Å². The van der Waals surface area contributed by atoms with Crippen LogP contribution in [0.3, 0.4) is 0 Å². The van der Waals surface area contributed by atoms with Crippen LogP contribution >= 0.6 is 23.2 Å². The van der Waals surface area contributed by atoms with Crippen molar-refractivity contribution < 1.29 is 14.2 Å². The molecule has 1 aliphatic heterocycles. The minimum atomic E-state index is 0.223. The lowest BCUT2D eigenvalue weighted by molar-refractivity contribution is 0.122. The van der Waals surface area contributed by atoms with Crippen molar-refractivity contribution in [3.63, 3.8) is 0 Å². The molecule has 1 saturated heterocycles. The standard InChI is InChI=1S/C15H15Cl2N3O3/c1-21-10-2-3-11(16)12(8-10)23-13-9-18-15(19-14(13)17)20-4-6-22-7-5-20/h2-3,8-9H,4-7H2,1H3. The highest BCUT2D eigenvalue weighted by atomic mass is 35.5. The summed E-state index contributed by atoms with van der Waals surface area (Å²) in [6.07, 6.45) is 1.54. The molecule has 0 aliphatic carbocycles. The monoisotopic (exact) mass is 355 g/mol. The second-order valence-corrected chi connectivity index (χ2v) is 5.59. The minimum Gasteiger partial charge on any atom is -0.497 e. The number of rotatable bonds is 4. The largest absolute Gasteiger partial charge is 0.497 e. The maximum absolute atomic E-state index is 6.22. The number of nitrogens with zero attached hydrogens (tertiary/aromatic N) is 3. The van der Waals surface area contributed by atoms with Gasteiger partial charge in [-0.15, -0.1) is 0 Å². The molecule has 0 bridgehead atoms. The Bertz CT molecular complexity index is 694. The average molecular weight is 356 g/mol. The van der Waals surface area contributed by atoms with Gasteiger partial charge in [0.2, 0.25) is 5.95 Å². The summed E-state index contributed by atoms with van der Waals surface area (Å²) >= 11 is 12.3. The summed E-state index contributed by atoms with van der Waals surface area (Å²) in [4.78, 5) is 10.6. The highest BCUT2D eigenvalue weighted by molar-refractivity contribution is 6.32. The molecule has 122 valence electrons. The van der Waals surface area contributed by atoms with Gasteiger partial charge in [0.15, 0.2) is 10.9 Å². The van der Waals surface area contributed by atoms with Gasteiger partial charge in [-0.25, -0.2) is 4.98 Å². The lowest BCUT2D eigenvalue weighted by atomic mass is 10.3. The molecule has 2 aromatic rings. The Morgan fingerprint density at radius 3 is 2.65 bits per heavy atom. The molecule has 2 heterocycles. The van der Waals surface area contributed by atoms with Crippen LogP contribution in [0.2, 0.25) is 10.2 Å². The van der Waals surface area contributed by atoms with Gasteiger partial charge in [0.25, 0.3) is 0 Å². The number of benzene rings is 1. The number of hydrogen-bond donors (Lipinski definition) is 0. The van der Waals surface area contributed by atoms with Crippen LogP contribution in [0.4, 0.5) is 5.95 Å². The van der Waals surface area contributed by atoms with E-state index in [1.54, 1.807) is 25.3 Å². The number of ether oxygens (including phenoxy) is 3. The number of morpholine rings is 1. The van der Waals surface area contributed by atoms with Crippen molar-refractivity contribution >= 4 is 29.2 Å². The van der Waals surface area contributed by atoms with E-state index in [9.17, 15) is 0 Å². The summed E-state index contributed by atoms with van der Waals surface area (Å²) in [6, 6.07) is 5.11. The van der Waals surface area contributed by atoms with E-state index in [1.165, 1.54) is 6.20 Å². The zero-order valence-corrected chi connectivity index (χ0v) is 14.0. The van der Waals surface area contributed by atoms with Gasteiger partial charge in [0, 0.05) is 19.2 Å². The Morgan fingerprint density at radius 1 is 1.17 bits per heavy atom. The van der Waals surface area contributed by atoms with Gasteiger partial charge < -0.3 is 19.1 Å². The fourth-order valence-electron chi connectivity index (χ4n) is 2.13. The number of hydrogen-bond acceptors (Lipinski definition) is 6. The SMILES string of the molecule is COc1ccc(Cl)c(Oc2cnc(N3CCOCC3)nc2Cl)c1. The molecule has 0 spiro atoms. The molecule has 0 amide bonds. The van der Waals surface area contributed by atoms with E-state index in [2.05, 4.69) is 9.97 Å². The molecule has 3 rings (SSSR count). The molecule has 0 saturated carbocycles. The third-order valence-corrected chi connectivity index (χ3v) is 3.93. The Hall–Kier alpha value is -1.76. The number of anilines is 1. The Balaban J connectivity index is 1.81. The minimum absolute atomic E-state index is 0.223. The quantitative estimate of drug-likeness (QED) is 0.783. The summed E-state index contributed by atoms with van der Waals surface area (Å²) in [6.45, 7) is 2.77. The molecule has 8 heteroatoms. The van der Waals surface area contributed by atoms with Crippen molar-refractivity contribution in [2.75, 3.05) is 38.3 Å². The first kappa shape index (κ1) is 16.1. The van der Waals surface area contributed by atoms with Crippen molar-refractivity contribution in [1.29, 1.82) is 0 Å². The third-order valence-electron chi connectivity index (χ3n) is 3.35.